The average molecular weight is 477 g/mol. The fourth-order valence-corrected chi connectivity index (χ4v) is 3.77. The second-order valence-corrected chi connectivity index (χ2v) is 7.95. The number of aromatic nitrogens is 2. The van der Waals surface area contributed by atoms with Crippen molar-refractivity contribution in [1.29, 1.82) is 0 Å². The fourth-order valence-electron chi connectivity index (χ4n) is 3.60. The van der Waals surface area contributed by atoms with E-state index in [-0.39, 0.29) is 18.5 Å². The van der Waals surface area contributed by atoms with Gasteiger partial charge in [-0.2, -0.15) is 5.10 Å². The molecule has 0 radical (unpaired) electrons. The summed E-state index contributed by atoms with van der Waals surface area (Å²) in [5.41, 5.74) is 3.36. The van der Waals surface area contributed by atoms with Crippen molar-refractivity contribution in [2.24, 2.45) is 0 Å². The predicted octanol–water partition coefficient (Wildman–Crippen LogP) is 4.86. The highest BCUT2D eigenvalue weighted by molar-refractivity contribution is 6.31. The number of anilines is 1. The Balaban J connectivity index is 1.53. The van der Waals surface area contributed by atoms with Crippen LogP contribution in [0.2, 0.25) is 5.02 Å². The van der Waals surface area contributed by atoms with Crippen molar-refractivity contribution < 1.29 is 14.3 Å². The molecule has 0 atom stereocenters. The van der Waals surface area contributed by atoms with Crippen LogP contribution in [0.4, 0.5) is 5.69 Å². The van der Waals surface area contributed by atoms with Crippen molar-refractivity contribution in [2.45, 2.75) is 6.04 Å². The number of carbonyl (C=O) groups is 1. The van der Waals surface area contributed by atoms with E-state index in [1.807, 2.05) is 66.9 Å². The van der Waals surface area contributed by atoms with Gasteiger partial charge in [-0.25, -0.2) is 4.68 Å². The lowest BCUT2D eigenvalue weighted by Crippen LogP contribution is -2.34. The third-order valence-electron chi connectivity index (χ3n) is 5.35. The van der Waals surface area contributed by atoms with Crippen molar-refractivity contribution in [3.63, 3.8) is 0 Å². The van der Waals surface area contributed by atoms with E-state index < -0.39 is 0 Å². The van der Waals surface area contributed by atoms with Gasteiger partial charge in [0, 0.05) is 17.4 Å². The third-order valence-corrected chi connectivity index (χ3v) is 5.59. The maximum Gasteiger partial charge on any atom is 0.240 e. The van der Waals surface area contributed by atoms with Gasteiger partial charge in [-0.1, -0.05) is 35.9 Å². The second kappa shape index (κ2) is 10.8. The summed E-state index contributed by atoms with van der Waals surface area (Å²) in [5.74, 6) is 1.32. The van der Waals surface area contributed by atoms with E-state index in [2.05, 4.69) is 15.7 Å². The zero-order valence-electron chi connectivity index (χ0n) is 18.9. The maximum atomic E-state index is 13.0. The Morgan fingerprint density at radius 3 is 2.12 bits per heavy atom. The van der Waals surface area contributed by atoms with E-state index in [0.717, 1.165) is 28.3 Å². The van der Waals surface area contributed by atoms with Gasteiger partial charge in [-0.15, -0.1) is 0 Å². The van der Waals surface area contributed by atoms with Crippen molar-refractivity contribution in [1.82, 2.24) is 15.1 Å². The number of methoxy groups -OCH3 is 2. The van der Waals surface area contributed by atoms with Gasteiger partial charge in [-0.3, -0.25) is 4.79 Å². The number of hydrogen-bond acceptors (Lipinski definition) is 5. The summed E-state index contributed by atoms with van der Waals surface area (Å²) in [6.07, 6.45) is 3.53. The van der Waals surface area contributed by atoms with Crippen LogP contribution in [0.25, 0.3) is 5.69 Å². The minimum Gasteiger partial charge on any atom is -0.497 e. The molecule has 0 aliphatic carbocycles. The molecule has 1 amide bonds. The predicted molar refractivity (Wildman–Crippen MR) is 133 cm³/mol. The van der Waals surface area contributed by atoms with Crippen LogP contribution in [-0.4, -0.2) is 36.5 Å². The smallest absolute Gasteiger partial charge is 0.240 e. The fraction of sp³-hybridized carbons (Fsp3) is 0.154. The lowest BCUT2D eigenvalue weighted by molar-refractivity contribution is -0.119. The molecule has 3 aromatic carbocycles. The Kier molecular flexibility index (Phi) is 7.34. The largest absolute Gasteiger partial charge is 0.497 e. The molecule has 0 spiro atoms. The summed E-state index contributed by atoms with van der Waals surface area (Å²) in [6.45, 7) is 0.0530. The molecule has 0 aliphatic rings. The normalized spacial score (nSPS) is 10.7. The number of benzene rings is 3. The molecule has 1 aromatic heterocycles. The van der Waals surface area contributed by atoms with Crippen molar-refractivity contribution in [2.75, 3.05) is 26.1 Å². The molecule has 0 fully saturated rings. The number of carbonyl (C=O) groups excluding carboxylic acids is 1. The minimum absolute atomic E-state index is 0.0530. The number of halogens is 1. The second-order valence-electron chi connectivity index (χ2n) is 7.51. The van der Waals surface area contributed by atoms with E-state index in [4.69, 9.17) is 21.1 Å². The Bertz CT molecular complexity index is 1180. The zero-order chi connectivity index (χ0) is 23.9. The summed E-state index contributed by atoms with van der Waals surface area (Å²) in [5, 5.41) is 11.2. The summed E-state index contributed by atoms with van der Waals surface area (Å²) in [6, 6.07) is 22.1. The van der Waals surface area contributed by atoms with Crippen LogP contribution in [0.3, 0.4) is 0 Å². The topological polar surface area (TPSA) is 77.4 Å². The van der Waals surface area contributed by atoms with Crippen LogP contribution >= 0.6 is 11.6 Å². The Morgan fingerprint density at radius 1 is 0.971 bits per heavy atom. The summed E-state index contributed by atoms with van der Waals surface area (Å²) >= 11 is 6.20. The summed E-state index contributed by atoms with van der Waals surface area (Å²) < 4.78 is 12.3. The summed E-state index contributed by atoms with van der Waals surface area (Å²) in [4.78, 5) is 13.0. The van der Waals surface area contributed by atoms with Crippen molar-refractivity contribution >= 4 is 23.2 Å². The monoisotopic (exact) mass is 476 g/mol. The van der Waals surface area contributed by atoms with Crippen LogP contribution in [-0.2, 0) is 4.79 Å². The number of rotatable bonds is 9. The van der Waals surface area contributed by atoms with Gasteiger partial charge in [0.1, 0.15) is 11.5 Å². The molecule has 1 heterocycles. The third kappa shape index (κ3) is 5.50. The van der Waals surface area contributed by atoms with E-state index in [1.165, 1.54) is 0 Å². The molecule has 8 heteroatoms. The highest BCUT2D eigenvalue weighted by Gasteiger charge is 2.18. The molecule has 0 unspecified atom stereocenters. The molecule has 174 valence electrons. The van der Waals surface area contributed by atoms with Gasteiger partial charge in [0.05, 0.1) is 38.2 Å². The van der Waals surface area contributed by atoms with E-state index >= 15 is 0 Å². The maximum absolute atomic E-state index is 13.0. The first-order valence-corrected chi connectivity index (χ1v) is 11.1. The number of amides is 1. The van der Waals surface area contributed by atoms with Gasteiger partial charge < -0.3 is 20.1 Å². The number of ether oxygens (including phenoxy) is 2. The molecule has 0 aliphatic heterocycles. The van der Waals surface area contributed by atoms with Gasteiger partial charge >= 0.3 is 0 Å². The van der Waals surface area contributed by atoms with Crippen molar-refractivity contribution in [3.8, 4) is 17.2 Å². The van der Waals surface area contributed by atoms with Crippen LogP contribution in [0.1, 0.15) is 17.2 Å². The molecule has 0 saturated heterocycles. The van der Waals surface area contributed by atoms with Crippen LogP contribution < -0.4 is 20.1 Å². The van der Waals surface area contributed by atoms with Gasteiger partial charge in [-0.05, 0) is 59.7 Å². The lowest BCUT2D eigenvalue weighted by Gasteiger charge is -2.21. The summed E-state index contributed by atoms with van der Waals surface area (Å²) in [7, 11) is 3.24. The molecular formula is C26H25ClN4O3. The Hall–Kier alpha value is -3.97. The van der Waals surface area contributed by atoms with Crippen LogP contribution in [0.5, 0.6) is 11.5 Å². The standard InChI is InChI=1S/C26H25ClN4O3/c1-33-21-9-4-18(5-10-21)26(19-6-11-22(34-2)12-7-19)30-25(32)17-28-23-16-20(27)8-13-24(23)31-15-3-14-29-31/h3-16,26,28H,17H2,1-2H3,(H,30,32). The molecule has 7 nitrogen and oxygen atoms in total. The van der Waals surface area contributed by atoms with Gasteiger partial charge in [0.15, 0.2) is 0 Å². The molecule has 0 bridgehead atoms. The minimum atomic E-state index is -0.351. The number of nitrogens with zero attached hydrogens (tertiary/aromatic N) is 2. The van der Waals surface area contributed by atoms with E-state index in [1.54, 1.807) is 37.2 Å². The SMILES string of the molecule is COc1ccc(C(NC(=O)CNc2cc(Cl)ccc2-n2cccn2)c2ccc(OC)cc2)cc1. The van der Waals surface area contributed by atoms with Gasteiger partial charge in [0.25, 0.3) is 0 Å². The van der Waals surface area contributed by atoms with Gasteiger partial charge in [0.2, 0.25) is 5.91 Å². The molecule has 4 rings (SSSR count). The van der Waals surface area contributed by atoms with Crippen LogP contribution in [0, 0.1) is 0 Å². The Morgan fingerprint density at radius 2 is 1.59 bits per heavy atom. The molecule has 2 N–H and O–H groups in total. The Labute approximate surface area is 203 Å². The number of hydrogen-bond donors (Lipinski definition) is 2. The molecule has 4 aromatic rings. The average Bonchev–Trinajstić information content (AvgIpc) is 3.41. The van der Waals surface area contributed by atoms with Crippen LogP contribution in [0.15, 0.2) is 85.2 Å². The molecule has 34 heavy (non-hydrogen) atoms. The van der Waals surface area contributed by atoms with E-state index in [0.29, 0.717) is 10.7 Å². The molecular weight excluding hydrogens is 452 g/mol. The first-order chi connectivity index (χ1) is 16.6. The zero-order valence-corrected chi connectivity index (χ0v) is 19.6. The highest BCUT2D eigenvalue weighted by Crippen LogP contribution is 2.27. The highest BCUT2D eigenvalue weighted by atomic mass is 35.5. The molecule has 0 saturated carbocycles. The number of nitrogens with one attached hydrogen (secondary N) is 2. The van der Waals surface area contributed by atoms with Crippen molar-refractivity contribution in [3.05, 3.63) is 101 Å². The lowest BCUT2D eigenvalue weighted by atomic mass is 9.98. The first kappa shape index (κ1) is 23.2. The quantitative estimate of drug-likeness (QED) is 0.360. The van der Waals surface area contributed by atoms with E-state index in [9.17, 15) is 4.79 Å². The first-order valence-electron chi connectivity index (χ1n) is 10.7.